The van der Waals surface area contributed by atoms with Crippen LogP contribution in [0.15, 0.2) is 0 Å². The Kier molecular flexibility index (Phi) is 5.40. The third-order valence-corrected chi connectivity index (χ3v) is 2.89. The molecule has 0 spiro atoms. The predicted octanol–water partition coefficient (Wildman–Crippen LogP) is 2.33. The quantitative estimate of drug-likeness (QED) is 0.686. The van der Waals surface area contributed by atoms with Crippen molar-refractivity contribution in [3.63, 3.8) is 0 Å². The van der Waals surface area contributed by atoms with Gasteiger partial charge in [0, 0.05) is 12.6 Å². The van der Waals surface area contributed by atoms with Gasteiger partial charge in [0.15, 0.2) is 0 Å². The third-order valence-electron chi connectivity index (χ3n) is 2.89. The highest BCUT2D eigenvalue weighted by Gasteiger charge is 2.19. The van der Waals surface area contributed by atoms with Gasteiger partial charge >= 0.3 is 0 Å². The Bertz CT molecular complexity index is 121. The lowest BCUT2D eigenvalue weighted by molar-refractivity contribution is 0.0942. The second-order valence-electron chi connectivity index (χ2n) is 4.00. The average molecular weight is 185 g/mol. The van der Waals surface area contributed by atoms with Crippen LogP contribution in [-0.4, -0.2) is 25.8 Å². The van der Waals surface area contributed by atoms with Crippen LogP contribution in [0.4, 0.5) is 0 Å². The third kappa shape index (κ3) is 4.10. The van der Waals surface area contributed by atoms with Gasteiger partial charge in [-0.15, -0.1) is 0 Å². The van der Waals surface area contributed by atoms with Crippen LogP contribution in [0.2, 0.25) is 0 Å². The van der Waals surface area contributed by atoms with Gasteiger partial charge in [-0.05, 0) is 32.7 Å². The molecule has 2 nitrogen and oxygen atoms in total. The van der Waals surface area contributed by atoms with Crippen molar-refractivity contribution in [3.8, 4) is 0 Å². The molecule has 1 N–H and O–H groups in total. The largest absolute Gasteiger partial charge is 0.378 e. The summed E-state index contributed by atoms with van der Waals surface area (Å²) < 4.78 is 5.63. The first-order chi connectivity index (χ1) is 6.36. The number of rotatable bonds is 6. The molecule has 1 rings (SSSR count). The standard InChI is InChI=1S/C11H23NO/c1-3-4-6-10(12-2)9-11-7-5-8-13-11/h10-12H,3-9H2,1-2H3. The van der Waals surface area contributed by atoms with Crippen LogP contribution >= 0.6 is 0 Å². The smallest absolute Gasteiger partial charge is 0.0590 e. The van der Waals surface area contributed by atoms with Crippen molar-refractivity contribution in [2.24, 2.45) is 0 Å². The van der Waals surface area contributed by atoms with Gasteiger partial charge in [0.2, 0.25) is 0 Å². The first-order valence-corrected chi connectivity index (χ1v) is 5.65. The molecule has 78 valence electrons. The van der Waals surface area contributed by atoms with Crippen LogP contribution in [0, 0.1) is 0 Å². The normalized spacial score (nSPS) is 24.9. The molecule has 0 saturated carbocycles. The van der Waals surface area contributed by atoms with Gasteiger partial charge in [0.25, 0.3) is 0 Å². The fourth-order valence-electron chi connectivity index (χ4n) is 1.98. The SMILES string of the molecule is CCCCC(CC1CCCO1)NC. The van der Waals surface area contributed by atoms with E-state index in [1.165, 1.54) is 38.5 Å². The molecule has 0 aromatic rings. The molecular formula is C11H23NO. The average Bonchev–Trinajstić information content (AvgIpc) is 2.64. The summed E-state index contributed by atoms with van der Waals surface area (Å²) in [5.41, 5.74) is 0. The Morgan fingerprint density at radius 1 is 1.54 bits per heavy atom. The maximum Gasteiger partial charge on any atom is 0.0590 e. The van der Waals surface area contributed by atoms with Gasteiger partial charge in [-0.25, -0.2) is 0 Å². The molecule has 2 heteroatoms. The first-order valence-electron chi connectivity index (χ1n) is 5.65. The topological polar surface area (TPSA) is 21.3 Å². The van der Waals surface area contributed by atoms with Gasteiger partial charge in [-0.1, -0.05) is 19.8 Å². The minimum absolute atomic E-state index is 0.536. The van der Waals surface area contributed by atoms with E-state index in [0.717, 1.165) is 6.61 Å². The van der Waals surface area contributed by atoms with Crippen molar-refractivity contribution >= 4 is 0 Å². The van der Waals surface area contributed by atoms with Crippen molar-refractivity contribution < 1.29 is 4.74 Å². The zero-order valence-corrected chi connectivity index (χ0v) is 9.01. The Morgan fingerprint density at radius 2 is 2.38 bits per heavy atom. The van der Waals surface area contributed by atoms with Crippen LogP contribution < -0.4 is 5.32 Å². The molecule has 2 atom stereocenters. The van der Waals surface area contributed by atoms with Crippen LogP contribution in [0.1, 0.15) is 45.4 Å². The molecule has 0 bridgehead atoms. The molecule has 0 amide bonds. The van der Waals surface area contributed by atoms with E-state index in [0.29, 0.717) is 12.1 Å². The van der Waals surface area contributed by atoms with Crippen LogP contribution in [0.25, 0.3) is 0 Å². The van der Waals surface area contributed by atoms with Crippen molar-refractivity contribution in [2.75, 3.05) is 13.7 Å². The maximum absolute atomic E-state index is 5.63. The molecule has 13 heavy (non-hydrogen) atoms. The Morgan fingerprint density at radius 3 is 2.92 bits per heavy atom. The number of hydrogen-bond donors (Lipinski definition) is 1. The summed E-state index contributed by atoms with van der Waals surface area (Å²) >= 11 is 0. The first kappa shape index (κ1) is 11.0. The molecule has 0 aromatic carbocycles. The highest BCUT2D eigenvalue weighted by molar-refractivity contribution is 4.73. The Balaban J connectivity index is 2.13. The lowest BCUT2D eigenvalue weighted by Crippen LogP contribution is -2.29. The molecule has 1 fully saturated rings. The molecule has 0 aromatic heterocycles. The van der Waals surface area contributed by atoms with E-state index in [2.05, 4.69) is 19.3 Å². The van der Waals surface area contributed by atoms with Gasteiger partial charge in [0.05, 0.1) is 6.10 Å². The lowest BCUT2D eigenvalue weighted by atomic mass is 10.0. The number of unbranched alkanes of at least 4 members (excludes halogenated alkanes) is 1. The van der Waals surface area contributed by atoms with E-state index in [-0.39, 0.29) is 0 Å². The van der Waals surface area contributed by atoms with E-state index in [9.17, 15) is 0 Å². The lowest BCUT2D eigenvalue weighted by Gasteiger charge is -2.19. The van der Waals surface area contributed by atoms with E-state index >= 15 is 0 Å². The van der Waals surface area contributed by atoms with E-state index < -0.39 is 0 Å². The highest BCUT2D eigenvalue weighted by atomic mass is 16.5. The molecule has 1 saturated heterocycles. The summed E-state index contributed by atoms with van der Waals surface area (Å²) in [6.45, 7) is 3.23. The van der Waals surface area contributed by atoms with Gasteiger partial charge in [-0.2, -0.15) is 0 Å². The molecular weight excluding hydrogens is 162 g/mol. The van der Waals surface area contributed by atoms with Crippen LogP contribution in [0.3, 0.4) is 0 Å². The van der Waals surface area contributed by atoms with Crippen LogP contribution in [-0.2, 0) is 4.74 Å². The number of ether oxygens (including phenoxy) is 1. The zero-order valence-electron chi connectivity index (χ0n) is 9.01. The minimum atomic E-state index is 0.536. The molecule has 1 aliphatic heterocycles. The van der Waals surface area contributed by atoms with Crippen molar-refractivity contribution in [1.82, 2.24) is 5.32 Å². The number of nitrogens with one attached hydrogen (secondary N) is 1. The van der Waals surface area contributed by atoms with Crippen molar-refractivity contribution in [1.29, 1.82) is 0 Å². The molecule has 1 heterocycles. The van der Waals surface area contributed by atoms with E-state index in [1.807, 2.05) is 0 Å². The second-order valence-corrected chi connectivity index (χ2v) is 4.00. The second kappa shape index (κ2) is 6.39. The monoisotopic (exact) mass is 185 g/mol. The van der Waals surface area contributed by atoms with Gasteiger partial charge < -0.3 is 10.1 Å². The minimum Gasteiger partial charge on any atom is -0.378 e. The summed E-state index contributed by atoms with van der Waals surface area (Å²) in [6, 6.07) is 0.669. The van der Waals surface area contributed by atoms with Crippen molar-refractivity contribution in [3.05, 3.63) is 0 Å². The molecule has 1 aliphatic rings. The van der Waals surface area contributed by atoms with E-state index in [4.69, 9.17) is 4.74 Å². The van der Waals surface area contributed by atoms with Gasteiger partial charge in [0.1, 0.15) is 0 Å². The number of hydrogen-bond acceptors (Lipinski definition) is 2. The maximum atomic E-state index is 5.63. The van der Waals surface area contributed by atoms with Gasteiger partial charge in [-0.3, -0.25) is 0 Å². The summed E-state index contributed by atoms with van der Waals surface area (Å²) in [5, 5.41) is 3.38. The summed E-state index contributed by atoms with van der Waals surface area (Å²) in [5.74, 6) is 0. The van der Waals surface area contributed by atoms with Crippen LogP contribution in [0.5, 0.6) is 0 Å². The van der Waals surface area contributed by atoms with Crippen molar-refractivity contribution in [2.45, 2.75) is 57.6 Å². The Labute approximate surface area is 82.0 Å². The molecule has 2 unspecified atom stereocenters. The summed E-state index contributed by atoms with van der Waals surface area (Å²) in [4.78, 5) is 0. The Hall–Kier alpha value is -0.0800. The summed E-state index contributed by atoms with van der Waals surface area (Å²) in [7, 11) is 2.06. The highest BCUT2D eigenvalue weighted by Crippen LogP contribution is 2.18. The molecule has 0 radical (unpaired) electrons. The van der Waals surface area contributed by atoms with E-state index in [1.54, 1.807) is 0 Å². The fourth-order valence-corrected chi connectivity index (χ4v) is 1.98. The fraction of sp³-hybridized carbons (Fsp3) is 1.00. The zero-order chi connectivity index (χ0) is 9.52. The predicted molar refractivity (Wildman–Crippen MR) is 56.0 cm³/mol. The summed E-state index contributed by atoms with van der Waals surface area (Å²) in [6.07, 6.45) is 8.19. The molecule has 0 aliphatic carbocycles.